The largest absolute Gasteiger partial charge is 0.348 e. The third-order valence-electron chi connectivity index (χ3n) is 8.15. The van der Waals surface area contributed by atoms with Gasteiger partial charge in [0.15, 0.2) is 5.03 Å². The molecule has 0 aromatic heterocycles. The third-order valence-corrected chi connectivity index (χ3v) is 11.1. The number of aliphatic imine (C=N–C) groups is 1. The molecule has 1 N–H and O–H groups in total. The molecule has 3 heterocycles. The zero-order chi connectivity index (χ0) is 31.8. The van der Waals surface area contributed by atoms with E-state index in [2.05, 4.69) is 26.2 Å². The Hall–Kier alpha value is -2.97. The molecule has 11 nitrogen and oxygen atoms in total. The van der Waals surface area contributed by atoms with Gasteiger partial charge >= 0.3 is 0 Å². The third kappa shape index (κ3) is 6.52. The number of rotatable bonds is 6. The van der Waals surface area contributed by atoms with Crippen molar-refractivity contribution in [2.24, 2.45) is 4.99 Å². The minimum absolute atomic E-state index is 0.0497. The molecule has 0 bridgehead atoms. The van der Waals surface area contributed by atoms with Crippen LogP contribution in [0, 0.1) is 0 Å². The first-order valence-corrected chi connectivity index (χ1v) is 16.9. The smallest absolute Gasteiger partial charge is 0.260 e. The molecule has 0 aliphatic carbocycles. The van der Waals surface area contributed by atoms with Gasteiger partial charge in [-0.25, -0.2) is 13.4 Å². The number of benzene rings is 2. The van der Waals surface area contributed by atoms with E-state index in [0.717, 1.165) is 10.0 Å². The van der Waals surface area contributed by atoms with Crippen molar-refractivity contribution in [2.75, 3.05) is 38.1 Å². The molecule has 3 aliphatic rings. The van der Waals surface area contributed by atoms with Gasteiger partial charge in [-0.05, 0) is 49.2 Å². The summed E-state index contributed by atoms with van der Waals surface area (Å²) in [7, 11) is -2.60. The fourth-order valence-corrected chi connectivity index (χ4v) is 7.97. The Morgan fingerprint density at radius 1 is 1.07 bits per heavy atom. The first-order chi connectivity index (χ1) is 20.8. The lowest BCUT2D eigenvalue weighted by Crippen LogP contribution is -2.60. The minimum Gasteiger partial charge on any atom is -0.348 e. The van der Waals surface area contributed by atoms with Crippen molar-refractivity contribution >= 4 is 78.9 Å². The summed E-state index contributed by atoms with van der Waals surface area (Å²) in [5, 5.41) is 3.16. The summed E-state index contributed by atoms with van der Waals surface area (Å²) in [6.07, 6.45) is 3.38. The summed E-state index contributed by atoms with van der Waals surface area (Å²) in [5.41, 5.74) is -0.224. The average Bonchev–Trinajstić information content (AvgIpc) is 3.42. The molecule has 2 saturated heterocycles. The molecule has 3 amide bonds. The van der Waals surface area contributed by atoms with Gasteiger partial charge in [0.05, 0.1) is 11.9 Å². The van der Waals surface area contributed by atoms with Gasteiger partial charge in [0, 0.05) is 60.6 Å². The predicted octanol–water partition coefficient (Wildman–Crippen LogP) is 3.62. The number of amides is 3. The molecular weight excluding hydrogens is 695 g/mol. The van der Waals surface area contributed by atoms with Crippen molar-refractivity contribution in [3.8, 4) is 0 Å². The summed E-state index contributed by atoms with van der Waals surface area (Å²) in [6, 6.07) is 11.6. The van der Waals surface area contributed by atoms with E-state index in [4.69, 9.17) is 23.2 Å². The summed E-state index contributed by atoms with van der Waals surface area (Å²) in [5.74, 6) is -0.823. The molecule has 44 heavy (non-hydrogen) atoms. The van der Waals surface area contributed by atoms with Crippen LogP contribution >= 0.6 is 39.1 Å². The van der Waals surface area contributed by atoms with Gasteiger partial charge in [0.1, 0.15) is 17.9 Å². The topological polar surface area (TPSA) is 123 Å². The summed E-state index contributed by atoms with van der Waals surface area (Å²) in [4.78, 5) is 47.5. The van der Waals surface area contributed by atoms with Gasteiger partial charge in [-0.1, -0.05) is 51.3 Å². The number of nitrogens with zero attached hydrogens (tertiary/aromatic N) is 5. The second-order valence-corrected chi connectivity index (χ2v) is 14.7. The molecule has 234 valence electrons. The van der Waals surface area contributed by atoms with E-state index in [0.29, 0.717) is 28.6 Å². The van der Waals surface area contributed by atoms with Crippen LogP contribution in [0.1, 0.15) is 25.3 Å². The molecule has 2 fully saturated rings. The molecule has 15 heteroatoms. The van der Waals surface area contributed by atoms with Gasteiger partial charge in [-0.15, -0.1) is 0 Å². The quantitative estimate of drug-likeness (QED) is 0.486. The fraction of sp³-hybridized carbons (Fsp3) is 0.379. The number of piperazine rings is 1. The highest BCUT2D eigenvalue weighted by Crippen LogP contribution is 2.34. The summed E-state index contributed by atoms with van der Waals surface area (Å²) in [6.45, 7) is 2.13. The minimum atomic E-state index is -4.16. The SMILES string of the molecule is CN1/C(S(=O)(=O)N2CCN(C(=O)C3CCC(=O)N3)CC2)=C\N=CN(c2cc(Cl)cc(Cl)c2)C(=O)[C@@]1(C)Cc1ccc(Br)cc1. The number of hydrogen-bond donors (Lipinski definition) is 1. The van der Waals surface area contributed by atoms with Crippen molar-refractivity contribution in [1.82, 2.24) is 19.4 Å². The van der Waals surface area contributed by atoms with E-state index in [1.807, 2.05) is 24.3 Å². The van der Waals surface area contributed by atoms with E-state index >= 15 is 0 Å². The maximum absolute atomic E-state index is 14.4. The summed E-state index contributed by atoms with van der Waals surface area (Å²) < 4.78 is 30.4. The van der Waals surface area contributed by atoms with E-state index in [1.165, 1.54) is 26.6 Å². The molecule has 1 unspecified atom stereocenters. The highest BCUT2D eigenvalue weighted by Gasteiger charge is 2.47. The van der Waals surface area contributed by atoms with Crippen molar-refractivity contribution in [3.63, 3.8) is 0 Å². The van der Waals surface area contributed by atoms with E-state index in [9.17, 15) is 22.8 Å². The number of sulfonamides is 1. The molecule has 0 saturated carbocycles. The van der Waals surface area contributed by atoms with Crippen LogP contribution in [-0.4, -0.2) is 91.4 Å². The molecule has 0 radical (unpaired) electrons. The number of anilines is 1. The van der Waals surface area contributed by atoms with Gasteiger partial charge < -0.3 is 15.1 Å². The standard InChI is InChI=1S/C29H31BrCl2N6O5S/c1-29(16-19-3-5-20(30)6-4-19)28(41)38(23-14-21(31)13-22(32)15-23)18-33-17-26(35(29)2)44(42,43)37-11-9-36(10-12-37)27(40)24-7-8-25(39)34-24/h3-6,13-15,17-18,24H,7-12,16H2,1-2H3,(H,34,39)/b26-17+,33-18?/t24?,29-/m1/s1. The second kappa shape index (κ2) is 12.8. The van der Waals surface area contributed by atoms with Gasteiger partial charge in [-0.3, -0.25) is 19.3 Å². The van der Waals surface area contributed by atoms with Gasteiger partial charge in [-0.2, -0.15) is 4.31 Å². The Morgan fingerprint density at radius 2 is 1.70 bits per heavy atom. The van der Waals surface area contributed by atoms with Crippen molar-refractivity contribution in [3.05, 3.63) is 73.8 Å². The Morgan fingerprint density at radius 3 is 2.30 bits per heavy atom. The van der Waals surface area contributed by atoms with Crippen LogP contribution in [0.15, 0.2) is 63.2 Å². The van der Waals surface area contributed by atoms with Crippen LogP contribution in [-0.2, 0) is 30.8 Å². The first kappa shape index (κ1) is 32.4. The van der Waals surface area contributed by atoms with Crippen LogP contribution in [0.25, 0.3) is 0 Å². The number of carbonyl (C=O) groups excluding carboxylic acids is 3. The first-order valence-electron chi connectivity index (χ1n) is 13.9. The van der Waals surface area contributed by atoms with Crippen molar-refractivity contribution in [1.29, 1.82) is 0 Å². The van der Waals surface area contributed by atoms with E-state index in [1.54, 1.807) is 37.1 Å². The zero-order valence-corrected chi connectivity index (χ0v) is 28.0. The molecule has 2 aromatic carbocycles. The van der Waals surface area contributed by atoms with Crippen LogP contribution in [0.5, 0.6) is 0 Å². The maximum Gasteiger partial charge on any atom is 0.260 e. The molecule has 0 spiro atoms. The fourth-order valence-electron chi connectivity index (χ4n) is 5.55. The lowest BCUT2D eigenvalue weighted by molar-refractivity contribution is -0.135. The Labute approximate surface area is 274 Å². The number of halogens is 3. The Bertz CT molecular complexity index is 1630. The number of hydrogen-bond acceptors (Lipinski definition) is 7. The van der Waals surface area contributed by atoms with Crippen LogP contribution in [0.3, 0.4) is 0 Å². The van der Waals surface area contributed by atoms with Gasteiger partial charge in [0.25, 0.3) is 15.9 Å². The number of carbonyl (C=O) groups is 3. The van der Waals surface area contributed by atoms with Crippen LogP contribution in [0.4, 0.5) is 5.69 Å². The lowest BCUT2D eigenvalue weighted by atomic mass is 9.89. The Balaban J connectivity index is 1.47. The highest BCUT2D eigenvalue weighted by atomic mass is 79.9. The van der Waals surface area contributed by atoms with Gasteiger partial charge in [0.2, 0.25) is 11.8 Å². The molecule has 2 aromatic rings. The van der Waals surface area contributed by atoms with E-state index in [-0.39, 0.29) is 49.4 Å². The number of nitrogens with one attached hydrogen (secondary N) is 1. The van der Waals surface area contributed by atoms with Crippen LogP contribution in [0.2, 0.25) is 10.0 Å². The van der Waals surface area contributed by atoms with Crippen molar-refractivity contribution in [2.45, 2.75) is 37.8 Å². The van der Waals surface area contributed by atoms with Crippen LogP contribution < -0.4 is 10.2 Å². The molecular formula is C29H31BrCl2N6O5S. The predicted molar refractivity (Wildman–Crippen MR) is 173 cm³/mol. The Kier molecular flexibility index (Phi) is 9.43. The second-order valence-electron chi connectivity index (χ2n) is 11.1. The average molecular weight is 726 g/mol. The van der Waals surface area contributed by atoms with E-state index < -0.39 is 27.5 Å². The molecule has 5 rings (SSSR count). The molecule has 2 atom stereocenters. The molecule has 3 aliphatic heterocycles. The number of likely N-dealkylation sites (N-methyl/N-ethyl adjacent to an activating group) is 1. The zero-order valence-electron chi connectivity index (χ0n) is 24.0. The normalized spacial score (nSPS) is 24.5. The highest BCUT2D eigenvalue weighted by molar-refractivity contribution is 9.10. The lowest BCUT2D eigenvalue weighted by Gasteiger charge is -2.44. The monoisotopic (exact) mass is 724 g/mol. The summed E-state index contributed by atoms with van der Waals surface area (Å²) >= 11 is 15.9. The van der Waals surface area contributed by atoms with Crippen molar-refractivity contribution < 1.29 is 22.8 Å². The maximum atomic E-state index is 14.4.